The van der Waals surface area contributed by atoms with Crippen LogP contribution in [0.15, 0.2) is 0 Å². The largest absolute Gasteiger partial charge is 0.481 e. The van der Waals surface area contributed by atoms with Crippen molar-refractivity contribution >= 4 is 33.5 Å². The van der Waals surface area contributed by atoms with E-state index in [1.165, 1.54) is 18.6 Å². The van der Waals surface area contributed by atoms with Gasteiger partial charge in [-0.1, -0.05) is 28.0 Å². The number of amides is 1. The number of unbranched alkanes of at least 4 members (excludes halogenated alkanes) is 1. The van der Waals surface area contributed by atoms with Crippen LogP contribution < -0.4 is 5.32 Å². The number of carboxylic acids is 1. The van der Waals surface area contributed by atoms with Crippen LogP contribution in [0.5, 0.6) is 0 Å². The fourth-order valence-corrected chi connectivity index (χ4v) is 4.65. The molecule has 4 nitrogen and oxygen atoms in total. The summed E-state index contributed by atoms with van der Waals surface area (Å²) in [5, 5.41) is 11.8. The van der Waals surface area contributed by atoms with Gasteiger partial charge in [-0.05, 0) is 19.3 Å². The molecular formula is C11H19NO3S2. The SMILES string of the molecule is O=C(O)CCNC(=O)CCCCC1CCSS1. The van der Waals surface area contributed by atoms with Crippen molar-refractivity contribution in [2.24, 2.45) is 0 Å². The number of carbonyl (C=O) groups excluding carboxylic acids is 1. The van der Waals surface area contributed by atoms with Crippen molar-refractivity contribution in [3.05, 3.63) is 0 Å². The van der Waals surface area contributed by atoms with Crippen LogP contribution in [-0.2, 0) is 9.59 Å². The lowest BCUT2D eigenvalue weighted by Crippen LogP contribution is -2.25. The van der Waals surface area contributed by atoms with Crippen molar-refractivity contribution in [2.45, 2.75) is 43.8 Å². The van der Waals surface area contributed by atoms with E-state index < -0.39 is 5.97 Å². The van der Waals surface area contributed by atoms with Gasteiger partial charge < -0.3 is 10.4 Å². The van der Waals surface area contributed by atoms with E-state index in [0.717, 1.165) is 18.1 Å². The fraction of sp³-hybridized carbons (Fsp3) is 0.818. The van der Waals surface area contributed by atoms with Gasteiger partial charge in [0.05, 0.1) is 6.42 Å². The molecule has 0 aromatic carbocycles. The van der Waals surface area contributed by atoms with Gasteiger partial charge in [0, 0.05) is 24.0 Å². The first-order chi connectivity index (χ1) is 8.18. The van der Waals surface area contributed by atoms with Gasteiger partial charge >= 0.3 is 5.97 Å². The van der Waals surface area contributed by atoms with Crippen LogP contribution in [0, 0.1) is 0 Å². The van der Waals surface area contributed by atoms with Gasteiger partial charge in [0.25, 0.3) is 0 Å². The molecule has 17 heavy (non-hydrogen) atoms. The lowest BCUT2D eigenvalue weighted by molar-refractivity contribution is -0.136. The third-order valence-electron chi connectivity index (χ3n) is 2.57. The van der Waals surface area contributed by atoms with Gasteiger partial charge in [-0.25, -0.2) is 0 Å². The molecule has 0 spiro atoms. The van der Waals surface area contributed by atoms with Crippen LogP contribution in [0.1, 0.15) is 38.5 Å². The number of nitrogens with one attached hydrogen (secondary N) is 1. The maximum absolute atomic E-state index is 11.3. The zero-order valence-electron chi connectivity index (χ0n) is 9.81. The average molecular weight is 277 g/mol. The Morgan fingerprint density at radius 2 is 2.12 bits per heavy atom. The fourth-order valence-electron chi connectivity index (χ4n) is 1.62. The molecule has 0 saturated carbocycles. The van der Waals surface area contributed by atoms with Crippen LogP contribution in [0.4, 0.5) is 0 Å². The molecule has 1 rings (SSSR count). The quantitative estimate of drug-likeness (QED) is 0.526. The van der Waals surface area contributed by atoms with E-state index in [-0.39, 0.29) is 18.9 Å². The molecule has 0 bridgehead atoms. The summed E-state index contributed by atoms with van der Waals surface area (Å²) in [6.45, 7) is 0.239. The number of hydrogen-bond donors (Lipinski definition) is 2. The Kier molecular flexibility index (Phi) is 7.51. The summed E-state index contributed by atoms with van der Waals surface area (Å²) in [7, 11) is 3.91. The highest BCUT2D eigenvalue weighted by atomic mass is 33.1. The zero-order chi connectivity index (χ0) is 12.5. The molecule has 1 amide bonds. The van der Waals surface area contributed by atoms with Crippen LogP contribution in [-0.4, -0.2) is 34.5 Å². The van der Waals surface area contributed by atoms with Crippen LogP contribution in [0.3, 0.4) is 0 Å². The van der Waals surface area contributed by atoms with Crippen molar-refractivity contribution in [1.82, 2.24) is 5.32 Å². The van der Waals surface area contributed by atoms with E-state index in [1.807, 2.05) is 21.6 Å². The summed E-state index contributed by atoms with van der Waals surface area (Å²) in [6.07, 6.45) is 5.00. The first-order valence-electron chi connectivity index (χ1n) is 5.95. The third-order valence-corrected chi connectivity index (χ3v) is 5.58. The Bertz CT molecular complexity index is 255. The molecule has 2 N–H and O–H groups in total. The Labute approximate surface area is 110 Å². The van der Waals surface area contributed by atoms with Crippen LogP contribution in [0.2, 0.25) is 0 Å². The summed E-state index contributed by atoms with van der Waals surface area (Å²) >= 11 is 0. The molecule has 1 aliphatic heterocycles. The predicted octanol–water partition coefficient (Wildman–Crippen LogP) is 2.29. The molecule has 1 heterocycles. The van der Waals surface area contributed by atoms with Gasteiger partial charge in [-0.2, -0.15) is 0 Å². The molecule has 0 aromatic heterocycles. The third kappa shape index (κ3) is 7.54. The molecule has 1 unspecified atom stereocenters. The molecule has 1 atom stereocenters. The highest BCUT2D eigenvalue weighted by Crippen LogP contribution is 2.39. The Balaban J connectivity index is 1.90. The molecule has 98 valence electrons. The number of hydrogen-bond acceptors (Lipinski definition) is 4. The van der Waals surface area contributed by atoms with Crippen molar-refractivity contribution in [2.75, 3.05) is 12.3 Å². The second-order valence-electron chi connectivity index (χ2n) is 4.07. The van der Waals surface area contributed by atoms with Crippen LogP contribution >= 0.6 is 21.6 Å². The minimum atomic E-state index is -0.874. The first kappa shape index (κ1) is 14.7. The van der Waals surface area contributed by atoms with Gasteiger partial charge in [-0.3, -0.25) is 9.59 Å². The number of aliphatic carboxylic acids is 1. The molecule has 1 aliphatic rings. The molecule has 1 saturated heterocycles. The lowest BCUT2D eigenvalue weighted by Gasteiger charge is -2.07. The smallest absolute Gasteiger partial charge is 0.305 e. The monoisotopic (exact) mass is 277 g/mol. The highest BCUT2D eigenvalue weighted by molar-refractivity contribution is 8.77. The lowest BCUT2D eigenvalue weighted by atomic mass is 10.1. The standard InChI is InChI=1S/C11H19NO3S2/c13-10(12-7-5-11(14)15)4-2-1-3-9-6-8-16-17-9/h9H,1-8H2,(H,12,13)(H,14,15). The molecule has 0 aliphatic carbocycles. The van der Waals surface area contributed by atoms with Crippen LogP contribution in [0.25, 0.3) is 0 Å². The maximum Gasteiger partial charge on any atom is 0.305 e. The van der Waals surface area contributed by atoms with Gasteiger partial charge in [0.2, 0.25) is 5.91 Å². The zero-order valence-corrected chi connectivity index (χ0v) is 11.4. The van der Waals surface area contributed by atoms with E-state index in [1.54, 1.807) is 0 Å². The van der Waals surface area contributed by atoms with Gasteiger partial charge in [-0.15, -0.1) is 0 Å². The van der Waals surface area contributed by atoms with E-state index in [4.69, 9.17) is 5.11 Å². The van der Waals surface area contributed by atoms with E-state index in [0.29, 0.717) is 6.42 Å². The van der Waals surface area contributed by atoms with Crippen molar-refractivity contribution < 1.29 is 14.7 Å². The second-order valence-corrected chi connectivity index (χ2v) is 6.86. The summed E-state index contributed by atoms with van der Waals surface area (Å²) in [4.78, 5) is 21.5. The van der Waals surface area contributed by atoms with Crippen molar-refractivity contribution in [3.8, 4) is 0 Å². The van der Waals surface area contributed by atoms with Crippen molar-refractivity contribution in [1.29, 1.82) is 0 Å². The average Bonchev–Trinajstić information content (AvgIpc) is 2.76. The highest BCUT2D eigenvalue weighted by Gasteiger charge is 2.15. The normalized spacial score (nSPS) is 19.2. The molecular weight excluding hydrogens is 258 g/mol. The maximum atomic E-state index is 11.3. The first-order valence-corrected chi connectivity index (χ1v) is 8.33. The Morgan fingerprint density at radius 1 is 1.29 bits per heavy atom. The molecule has 0 radical (unpaired) electrons. The van der Waals surface area contributed by atoms with E-state index >= 15 is 0 Å². The Hall–Kier alpha value is -0.360. The van der Waals surface area contributed by atoms with E-state index in [2.05, 4.69) is 5.32 Å². The minimum absolute atomic E-state index is 0.00166. The number of carbonyl (C=O) groups is 2. The van der Waals surface area contributed by atoms with E-state index in [9.17, 15) is 9.59 Å². The number of rotatable bonds is 8. The second kappa shape index (κ2) is 8.69. The summed E-state index contributed by atoms with van der Waals surface area (Å²) in [5.74, 6) is 0.353. The summed E-state index contributed by atoms with van der Waals surface area (Å²) < 4.78 is 0. The predicted molar refractivity (Wildman–Crippen MR) is 72.2 cm³/mol. The van der Waals surface area contributed by atoms with Gasteiger partial charge in [0.1, 0.15) is 0 Å². The summed E-state index contributed by atoms with van der Waals surface area (Å²) in [5.41, 5.74) is 0. The van der Waals surface area contributed by atoms with Gasteiger partial charge in [0.15, 0.2) is 0 Å². The molecule has 6 heteroatoms. The Morgan fingerprint density at radius 3 is 2.76 bits per heavy atom. The van der Waals surface area contributed by atoms with Crippen molar-refractivity contribution in [3.63, 3.8) is 0 Å². The summed E-state index contributed by atoms with van der Waals surface area (Å²) in [6, 6.07) is 0. The number of carboxylic acid groups (broad SMARTS) is 1. The minimum Gasteiger partial charge on any atom is -0.481 e. The topological polar surface area (TPSA) is 66.4 Å². The molecule has 0 aromatic rings. The molecule has 1 fully saturated rings.